The third-order valence-corrected chi connectivity index (χ3v) is 4.99. The summed E-state index contributed by atoms with van der Waals surface area (Å²) in [5.74, 6) is 0.307. The van der Waals surface area contributed by atoms with E-state index in [1.54, 1.807) is 11.8 Å². The average Bonchev–Trinajstić information content (AvgIpc) is 2.69. The highest BCUT2D eigenvalue weighted by Gasteiger charge is 2.26. The van der Waals surface area contributed by atoms with E-state index in [1.807, 2.05) is 57.2 Å². The van der Waals surface area contributed by atoms with Crippen molar-refractivity contribution in [3.63, 3.8) is 0 Å². The molecule has 30 heavy (non-hydrogen) atoms. The Balaban J connectivity index is 2.13. The van der Waals surface area contributed by atoms with Crippen LogP contribution in [0, 0.1) is 20.8 Å². The van der Waals surface area contributed by atoms with E-state index in [2.05, 4.69) is 18.3 Å². The number of nitrogens with zero attached hydrogens (tertiary/aromatic N) is 1. The van der Waals surface area contributed by atoms with Gasteiger partial charge in [-0.3, -0.25) is 9.59 Å². The topological polar surface area (TPSA) is 58.6 Å². The zero-order valence-electron chi connectivity index (χ0n) is 18.8. The summed E-state index contributed by atoms with van der Waals surface area (Å²) in [6.45, 7) is 10.7. The van der Waals surface area contributed by atoms with Gasteiger partial charge in [0.25, 0.3) is 5.91 Å². The van der Waals surface area contributed by atoms with Gasteiger partial charge in [-0.2, -0.15) is 0 Å². The molecule has 0 saturated carbocycles. The van der Waals surface area contributed by atoms with Gasteiger partial charge >= 0.3 is 0 Å². The Hall–Kier alpha value is -2.82. The molecule has 0 aliphatic carbocycles. The number of aryl methyl sites for hydroxylation is 3. The molecule has 2 aromatic carbocycles. The Kier molecular flexibility index (Phi) is 8.90. The molecule has 0 aliphatic rings. The highest BCUT2D eigenvalue weighted by molar-refractivity contribution is 5.87. The molecule has 2 aromatic rings. The summed E-state index contributed by atoms with van der Waals surface area (Å²) in [7, 11) is 0. The molecule has 1 atom stereocenters. The molecule has 0 saturated heterocycles. The standard InChI is InChI=1S/C25H34N2O3/c1-6-7-11-26-25(29)21(5)27(16-22-10-8-9-18(2)13-22)24(28)17-30-23-14-19(3)12-20(4)15-23/h8-10,12-15,21H,6-7,11,16-17H2,1-5H3,(H,26,29)/t21-/m1/s1. The van der Waals surface area contributed by atoms with E-state index in [1.165, 1.54) is 0 Å². The summed E-state index contributed by atoms with van der Waals surface area (Å²) >= 11 is 0. The van der Waals surface area contributed by atoms with Crippen LogP contribution in [0.3, 0.4) is 0 Å². The number of amides is 2. The van der Waals surface area contributed by atoms with Gasteiger partial charge in [0.15, 0.2) is 6.61 Å². The number of rotatable bonds is 10. The molecule has 2 rings (SSSR count). The van der Waals surface area contributed by atoms with Gasteiger partial charge < -0.3 is 15.0 Å². The quantitative estimate of drug-likeness (QED) is 0.593. The number of benzene rings is 2. The Morgan fingerprint density at radius 3 is 2.37 bits per heavy atom. The second kappa shape index (κ2) is 11.4. The molecule has 0 fully saturated rings. The van der Waals surface area contributed by atoms with Gasteiger partial charge in [0, 0.05) is 13.1 Å². The molecule has 1 N–H and O–H groups in total. The van der Waals surface area contributed by atoms with Crippen molar-refractivity contribution in [2.24, 2.45) is 0 Å². The molecule has 0 aliphatic heterocycles. The Bertz CT molecular complexity index is 843. The fourth-order valence-electron chi connectivity index (χ4n) is 3.37. The lowest BCUT2D eigenvalue weighted by Crippen LogP contribution is -2.49. The minimum Gasteiger partial charge on any atom is -0.484 e. The predicted molar refractivity (Wildman–Crippen MR) is 121 cm³/mol. The summed E-state index contributed by atoms with van der Waals surface area (Å²) in [5.41, 5.74) is 4.27. The monoisotopic (exact) mass is 410 g/mol. The van der Waals surface area contributed by atoms with E-state index in [0.717, 1.165) is 35.1 Å². The van der Waals surface area contributed by atoms with E-state index in [-0.39, 0.29) is 18.4 Å². The smallest absolute Gasteiger partial charge is 0.261 e. The van der Waals surface area contributed by atoms with Crippen LogP contribution in [0.2, 0.25) is 0 Å². The van der Waals surface area contributed by atoms with Gasteiger partial charge in [-0.1, -0.05) is 49.2 Å². The maximum atomic E-state index is 13.1. The van der Waals surface area contributed by atoms with E-state index in [9.17, 15) is 9.59 Å². The second-order valence-electron chi connectivity index (χ2n) is 7.94. The maximum absolute atomic E-state index is 13.1. The third kappa shape index (κ3) is 7.21. The predicted octanol–water partition coefficient (Wildman–Crippen LogP) is 4.32. The molecule has 5 heteroatoms. The Morgan fingerprint density at radius 1 is 1.03 bits per heavy atom. The van der Waals surface area contributed by atoms with E-state index >= 15 is 0 Å². The lowest BCUT2D eigenvalue weighted by molar-refractivity contribution is -0.142. The number of hydrogen-bond donors (Lipinski definition) is 1. The van der Waals surface area contributed by atoms with Crippen LogP contribution in [0.1, 0.15) is 48.9 Å². The van der Waals surface area contributed by atoms with E-state index in [4.69, 9.17) is 4.74 Å². The van der Waals surface area contributed by atoms with Crippen molar-refractivity contribution in [1.82, 2.24) is 10.2 Å². The molecule has 0 spiro atoms. The average molecular weight is 411 g/mol. The van der Waals surface area contributed by atoms with Crippen LogP contribution in [0.15, 0.2) is 42.5 Å². The summed E-state index contributed by atoms with van der Waals surface area (Å²) in [4.78, 5) is 27.3. The van der Waals surface area contributed by atoms with Crippen LogP contribution in [0.25, 0.3) is 0 Å². The molecule has 5 nitrogen and oxygen atoms in total. The van der Waals surface area contributed by atoms with Crippen molar-refractivity contribution in [3.8, 4) is 5.75 Å². The number of carbonyl (C=O) groups excluding carboxylic acids is 2. The summed E-state index contributed by atoms with van der Waals surface area (Å²) in [5, 5.41) is 2.93. The molecule has 0 heterocycles. The number of hydrogen-bond acceptors (Lipinski definition) is 3. The highest BCUT2D eigenvalue weighted by atomic mass is 16.5. The van der Waals surface area contributed by atoms with Crippen molar-refractivity contribution in [2.75, 3.05) is 13.2 Å². The molecule has 0 aromatic heterocycles. The van der Waals surface area contributed by atoms with Crippen molar-refractivity contribution in [1.29, 1.82) is 0 Å². The Morgan fingerprint density at radius 2 is 1.73 bits per heavy atom. The third-order valence-electron chi connectivity index (χ3n) is 4.99. The first kappa shape index (κ1) is 23.5. The minimum absolute atomic E-state index is 0.110. The molecular formula is C25H34N2O3. The maximum Gasteiger partial charge on any atom is 0.261 e. The number of unbranched alkanes of at least 4 members (excludes halogenated alkanes) is 1. The zero-order valence-corrected chi connectivity index (χ0v) is 18.8. The van der Waals surface area contributed by atoms with Crippen LogP contribution >= 0.6 is 0 Å². The first-order chi connectivity index (χ1) is 14.3. The minimum atomic E-state index is -0.585. The highest BCUT2D eigenvalue weighted by Crippen LogP contribution is 2.17. The number of ether oxygens (including phenoxy) is 1. The normalized spacial score (nSPS) is 11.6. The molecule has 162 valence electrons. The Labute approximate surface area is 180 Å². The van der Waals surface area contributed by atoms with Gasteiger partial charge in [-0.05, 0) is 62.9 Å². The fourth-order valence-corrected chi connectivity index (χ4v) is 3.37. The lowest BCUT2D eigenvalue weighted by Gasteiger charge is -2.29. The van der Waals surface area contributed by atoms with E-state index < -0.39 is 6.04 Å². The van der Waals surface area contributed by atoms with Crippen LogP contribution in [-0.4, -0.2) is 35.9 Å². The van der Waals surface area contributed by atoms with Gasteiger partial charge in [0.05, 0.1) is 0 Å². The SMILES string of the molecule is CCCCNC(=O)[C@@H](C)N(Cc1cccc(C)c1)C(=O)COc1cc(C)cc(C)c1. The lowest BCUT2D eigenvalue weighted by atomic mass is 10.1. The van der Waals surface area contributed by atoms with Crippen molar-refractivity contribution < 1.29 is 14.3 Å². The molecule has 0 radical (unpaired) electrons. The van der Waals surface area contributed by atoms with E-state index in [0.29, 0.717) is 18.8 Å². The van der Waals surface area contributed by atoms with Crippen molar-refractivity contribution >= 4 is 11.8 Å². The largest absolute Gasteiger partial charge is 0.484 e. The number of carbonyl (C=O) groups is 2. The van der Waals surface area contributed by atoms with Crippen molar-refractivity contribution in [2.45, 2.75) is 60.0 Å². The van der Waals surface area contributed by atoms with Crippen LogP contribution < -0.4 is 10.1 Å². The van der Waals surface area contributed by atoms with Gasteiger partial charge in [0.2, 0.25) is 5.91 Å². The van der Waals surface area contributed by atoms with Crippen LogP contribution in [0.5, 0.6) is 5.75 Å². The van der Waals surface area contributed by atoms with Gasteiger partial charge in [-0.25, -0.2) is 0 Å². The second-order valence-corrected chi connectivity index (χ2v) is 7.94. The van der Waals surface area contributed by atoms with Gasteiger partial charge in [0.1, 0.15) is 11.8 Å². The van der Waals surface area contributed by atoms with Crippen LogP contribution in [0.4, 0.5) is 0 Å². The van der Waals surface area contributed by atoms with Gasteiger partial charge in [-0.15, -0.1) is 0 Å². The summed E-state index contributed by atoms with van der Waals surface area (Å²) < 4.78 is 5.78. The molecule has 0 unspecified atom stereocenters. The molecule has 2 amide bonds. The molecule has 0 bridgehead atoms. The van der Waals surface area contributed by atoms with Crippen LogP contribution in [-0.2, 0) is 16.1 Å². The summed E-state index contributed by atoms with van der Waals surface area (Å²) in [6.07, 6.45) is 1.92. The molecular weight excluding hydrogens is 376 g/mol. The first-order valence-electron chi connectivity index (χ1n) is 10.6. The zero-order chi connectivity index (χ0) is 22.1. The first-order valence-corrected chi connectivity index (χ1v) is 10.6. The fraction of sp³-hybridized carbons (Fsp3) is 0.440. The van der Waals surface area contributed by atoms with Crippen molar-refractivity contribution in [3.05, 3.63) is 64.7 Å². The number of nitrogens with one attached hydrogen (secondary N) is 1. The summed E-state index contributed by atoms with van der Waals surface area (Å²) in [6, 6.07) is 13.3.